The first-order chi connectivity index (χ1) is 32.8. The first-order valence-corrected chi connectivity index (χ1v) is 24.3. The third-order valence-corrected chi connectivity index (χ3v) is 13.6. The summed E-state index contributed by atoms with van der Waals surface area (Å²) < 4.78 is 6.28. The molecule has 16 nitrogen and oxygen atoms in total. The summed E-state index contributed by atoms with van der Waals surface area (Å²) in [6.45, 7) is 6.42. The SMILES string of the molecule is CCCCCCN(CCC(=O)N1CCC(CN(C[C@H](CNC(=O)c2nc(Cl)c(N)nc2N)Cc2ccccc2C)C(=O)OCC2c3ccccc3-c3ccccc32)CC1)C[C@H](O)[C@@H](O)[C@H](O)CO. The Labute approximate surface area is 404 Å². The van der Waals surface area contributed by atoms with Crippen molar-refractivity contribution in [2.45, 2.75) is 89.4 Å². The minimum absolute atomic E-state index is 0.0254. The number of anilines is 2. The third kappa shape index (κ3) is 13.9. The maximum atomic E-state index is 14.6. The zero-order valence-electron chi connectivity index (χ0n) is 39.3. The Morgan fingerprint density at radius 3 is 2.19 bits per heavy atom. The van der Waals surface area contributed by atoms with Gasteiger partial charge in [-0.3, -0.25) is 9.59 Å². The van der Waals surface area contributed by atoms with Gasteiger partial charge in [-0.25, -0.2) is 14.8 Å². The summed E-state index contributed by atoms with van der Waals surface area (Å²) in [5.74, 6) is -1.22. The molecule has 4 aromatic rings. The number of nitrogens with zero attached hydrogens (tertiary/aromatic N) is 5. The Kier molecular flexibility index (Phi) is 19.4. The Hall–Kier alpha value is -5.36. The van der Waals surface area contributed by atoms with Gasteiger partial charge in [-0.05, 0) is 84.4 Å². The standard InChI is InChI=1S/C51H69ClN8O8/c1-3-4-5-12-22-58(30-42(62)46(65)43(63)31-61)23-21-44(64)59-24-19-34(20-25-59)28-60(51(67)68-32-41-39-17-10-8-15-37(39)38-16-9-11-18-40(38)41)29-35(26-36-14-7-6-13-33(36)2)27-55-50(66)45-48(53)57-49(54)47(52)56-45/h6-11,13-18,34-35,41-43,46,61-63,65H,3-5,12,19-32H2,1-2H3,(H,55,66)(H4,53,54,57)/t35-,42-,43+,46+/m0/s1. The van der Waals surface area contributed by atoms with Crippen LogP contribution in [0, 0.1) is 18.8 Å². The lowest BCUT2D eigenvalue weighted by molar-refractivity contribution is -0.133. The van der Waals surface area contributed by atoms with E-state index < -0.39 is 36.9 Å². The molecule has 0 spiro atoms. The second kappa shape index (κ2) is 25.3. The molecule has 68 heavy (non-hydrogen) atoms. The number of halogens is 1. The van der Waals surface area contributed by atoms with E-state index in [-0.39, 0.29) is 78.8 Å². The van der Waals surface area contributed by atoms with Gasteiger partial charge in [-0.15, -0.1) is 0 Å². The molecule has 9 N–H and O–H groups in total. The van der Waals surface area contributed by atoms with E-state index in [9.17, 15) is 34.8 Å². The lowest BCUT2D eigenvalue weighted by Gasteiger charge is -2.36. The Bertz CT molecular complexity index is 2250. The maximum Gasteiger partial charge on any atom is 0.409 e. The van der Waals surface area contributed by atoms with E-state index in [0.717, 1.165) is 59.1 Å². The van der Waals surface area contributed by atoms with E-state index in [1.54, 1.807) is 4.90 Å². The number of fused-ring (bicyclic) bond motifs is 3. The molecule has 1 aromatic heterocycles. The highest BCUT2D eigenvalue weighted by Crippen LogP contribution is 2.44. The number of unbranched alkanes of at least 4 members (excludes halogenated alkanes) is 3. The number of hydrogen-bond acceptors (Lipinski definition) is 13. The summed E-state index contributed by atoms with van der Waals surface area (Å²) in [4.78, 5) is 55.3. The number of carbonyl (C=O) groups excluding carboxylic acids is 3. The summed E-state index contributed by atoms with van der Waals surface area (Å²) in [6.07, 6.45) is 1.27. The van der Waals surface area contributed by atoms with Gasteiger partial charge in [0.1, 0.15) is 18.8 Å². The molecule has 4 atom stereocenters. The Balaban J connectivity index is 1.16. The van der Waals surface area contributed by atoms with Crippen molar-refractivity contribution in [1.82, 2.24) is 30.0 Å². The summed E-state index contributed by atoms with van der Waals surface area (Å²) in [6, 6.07) is 24.4. The van der Waals surface area contributed by atoms with Crippen LogP contribution < -0.4 is 16.8 Å². The molecule has 1 aliphatic heterocycles. The van der Waals surface area contributed by atoms with Crippen molar-refractivity contribution in [2.75, 3.05) is 77.0 Å². The number of carbonyl (C=O) groups is 3. The average Bonchev–Trinajstić information content (AvgIpc) is 3.67. The first-order valence-electron chi connectivity index (χ1n) is 23.9. The zero-order valence-corrected chi connectivity index (χ0v) is 40.1. The molecular formula is C51H69ClN8O8. The number of aromatic nitrogens is 2. The van der Waals surface area contributed by atoms with Crippen LogP contribution in [0.2, 0.25) is 5.15 Å². The lowest BCUT2D eigenvalue weighted by atomic mass is 9.93. The van der Waals surface area contributed by atoms with Crippen molar-refractivity contribution >= 4 is 41.1 Å². The predicted molar refractivity (Wildman–Crippen MR) is 263 cm³/mol. The highest BCUT2D eigenvalue weighted by atomic mass is 35.5. The second-order valence-corrected chi connectivity index (χ2v) is 18.7. The number of aliphatic hydroxyl groups excluding tert-OH is 4. The number of nitrogen functional groups attached to an aromatic ring is 2. The van der Waals surface area contributed by atoms with Crippen molar-refractivity contribution in [3.05, 3.63) is 106 Å². The van der Waals surface area contributed by atoms with E-state index in [2.05, 4.69) is 46.5 Å². The molecule has 17 heteroatoms. The van der Waals surface area contributed by atoms with Gasteiger partial charge in [0.2, 0.25) is 5.91 Å². The number of rotatable bonds is 24. The molecule has 2 heterocycles. The van der Waals surface area contributed by atoms with Crippen LogP contribution in [-0.2, 0) is 16.0 Å². The molecule has 6 rings (SSSR count). The number of likely N-dealkylation sites (tertiary alicyclic amines) is 1. The molecule has 368 valence electrons. The summed E-state index contributed by atoms with van der Waals surface area (Å²) >= 11 is 6.12. The van der Waals surface area contributed by atoms with Crippen molar-refractivity contribution in [3.63, 3.8) is 0 Å². The average molecular weight is 958 g/mol. The monoisotopic (exact) mass is 956 g/mol. The van der Waals surface area contributed by atoms with Crippen molar-refractivity contribution in [1.29, 1.82) is 0 Å². The van der Waals surface area contributed by atoms with Crippen molar-refractivity contribution in [2.24, 2.45) is 11.8 Å². The molecule has 3 aromatic carbocycles. The fraction of sp³-hybridized carbons (Fsp3) is 0.510. The van der Waals surface area contributed by atoms with Crippen LogP contribution in [0.1, 0.15) is 90.5 Å². The maximum absolute atomic E-state index is 14.6. The molecule has 0 unspecified atom stereocenters. The number of hydrogen-bond donors (Lipinski definition) is 7. The fourth-order valence-corrected chi connectivity index (χ4v) is 9.51. The molecule has 1 aliphatic carbocycles. The van der Waals surface area contributed by atoms with Crippen LogP contribution in [0.25, 0.3) is 11.1 Å². The van der Waals surface area contributed by atoms with E-state index >= 15 is 0 Å². The Morgan fingerprint density at radius 2 is 1.53 bits per heavy atom. The molecule has 0 bridgehead atoms. The van der Waals surface area contributed by atoms with Gasteiger partial charge in [0.15, 0.2) is 22.5 Å². The fourth-order valence-electron chi connectivity index (χ4n) is 9.38. The van der Waals surface area contributed by atoms with Crippen molar-refractivity contribution in [3.8, 4) is 11.1 Å². The largest absolute Gasteiger partial charge is 0.448 e. The van der Waals surface area contributed by atoms with Gasteiger partial charge < -0.3 is 56.6 Å². The molecule has 1 fully saturated rings. The highest BCUT2D eigenvalue weighted by Gasteiger charge is 2.33. The quantitative estimate of drug-likeness (QED) is 0.0457. The molecule has 0 saturated carbocycles. The first kappa shape index (κ1) is 52.0. The number of aryl methyl sites for hydroxylation is 1. The molecule has 2 aliphatic rings. The number of aliphatic hydroxyl groups is 4. The number of amides is 3. The van der Waals surface area contributed by atoms with Crippen LogP contribution in [0.3, 0.4) is 0 Å². The van der Waals surface area contributed by atoms with Gasteiger partial charge in [0.05, 0.1) is 12.7 Å². The number of ether oxygens (including phenoxy) is 1. The minimum atomic E-state index is -1.51. The Morgan fingerprint density at radius 1 is 0.868 bits per heavy atom. The minimum Gasteiger partial charge on any atom is -0.448 e. The smallest absolute Gasteiger partial charge is 0.409 e. The van der Waals surface area contributed by atoms with Crippen LogP contribution in [0.5, 0.6) is 0 Å². The number of nitrogens with two attached hydrogens (primary N) is 2. The predicted octanol–water partition coefficient (Wildman–Crippen LogP) is 5.03. The highest BCUT2D eigenvalue weighted by molar-refractivity contribution is 6.31. The van der Waals surface area contributed by atoms with Gasteiger partial charge in [0.25, 0.3) is 5.91 Å². The zero-order chi connectivity index (χ0) is 48.7. The number of piperidine rings is 1. The van der Waals surface area contributed by atoms with Gasteiger partial charge in [-0.2, -0.15) is 0 Å². The summed E-state index contributed by atoms with van der Waals surface area (Å²) in [5, 5.41) is 43.0. The summed E-state index contributed by atoms with van der Waals surface area (Å²) in [5.41, 5.74) is 18.2. The van der Waals surface area contributed by atoms with Gasteiger partial charge in [-0.1, -0.05) is 111 Å². The van der Waals surface area contributed by atoms with Crippen LogP contribution in [-0.4, -0.2) is 147 Å². The normalized spacial score (nSPS) is 15.6. The number of nitrogens with one attached hydrogen (secondary N) is 1. The van der Waals surface area contributed by atoms with Crippen LogP contribution >= 0.6 is 11.6 Å². The van der Waals surface area contributed by atoms with E-state index in [4.69, 9.17) is 27.8 Å². The van der Waals surface area contributed by atoms with Gasteiger partial charge >= 0.3 is 6.09 Å². The van der Waals surface area contributed by atoms with Crippen molar-refractivity contribution < 1.29 is 39.5 Å². The third-order valence-electron chi connectivity index (χ3n) is 13.4. The van der Waals surface area contributed by atoms with Crippen LogP contribution in [0.4, 0.5) is 16.4 Å². The van der Waals surface area contributed by atoms with Crippen LogP contribution in [0.15, 0.2) is 72.8 Å². The second-order valence-electron chi connectivity index (χ2n) is 18.3. The van der Waals surface area contributed by atoms with E-state index in [1.807, 2.05) is 65.3 Å². The molecular weight excluding hydrogens is 888 g/mol. The summed E-state index contributed by atoms with van der Waals surface area (Å²) in [7, 11) is 0. The molecule has 0 radical (unpaired) electrons. The topological polar surface area (TPSA) is 241 Å². The number of benzene rings is 3. The van der Waals surface area contributed by atoms with E-state index in [1.165, 1.54) is 0 Å². The van der Waals surface area contributed by atoms with E-state index in [0.29, 0.717) is 52.0 Å². The molecule has 3 amide bonds. The van der Waals surface area contributed by atoms with Gasteiger partial charge in [0, 0.05) is 58.2 Å². The lowest BCUT2D eigenvalue weighted by Crippen LogP contribution is -2.47. The molecule has 1 saturated heterocycles.